The number of rotatable bonds is 3. The van der Waals surface area contributed by atoms with Gasteiger partial charge in [-0.15, -0.1) is 18.0 Å². The first-order chi connectivity index (χ1) is 9.15. The van der Waals surface area contributed by atoms with Crippen LogP contribution in [0.25, 0.3) is 0 Å². The zero-order valence-corrected chi connectivity index (χ0v) is 13.3. The van der Waals surface area contributed by atoms with Gasteiger partial charge in [0.05, 0.1) is 17.6 Å². The van der Waals surface area contributed by atoms with Crippen LogP contribution >= 0.6 is 27.5 Å². The van der Waals surface area contributed by atoms with E-state index in [0.717, 1.165) is 35.9 Å². The number of terminal acetylenes is 1. The van der Waals surface area contributed by atoms with Crippen molar-refractivity contribution in [1.29, 1.82) is 0 Å². The van der Waals surface area contributed by atoms with Crippen LogP contribution in [0.3, 0.4) is 0 Å². The van der Waals surface area contributed by atoms with Crippen LogP contribution in [0.15, 0.2) is 22.4 Å². The molecule has 0 radical (unpaired) electrons. The Labute approximate surface area is 128 Å². The second-order valence-electron chi connectivity index (χ2n) is 4.81. The molecule has 0 N–H and O–H groups in total. The number of epoxide rings is 1. The minimum absolute atomic E-state index is 0.0504. The van der Waals surface area contributed by atoms with Gasteiger partial charge in [-0.3, -0.25) is 0 Å². The van der Waals surface area contributed by atoms with Crippen LogP contribution in [-0.2, 0) is 9.47 Å². The SMILES string of the molecule is C#C/C=C\C[C@H]1O/C(=C(/Br)CC)C[C@H]2O[C@H]2C[C@H]1Cl. The van der Waals surface area contributed by atoms with E-state index in [2.05, 4.69) is 28.8 Å². The summed E-state index contributed by atoms with van der Waals surface area (Å²) in [5, 5.41) is -0.0510. The largest absolute Gasteiger partial charge is 0.492 e. The molecular formula is C15H18BrClO2. The molecule has 0 unspecified atom stereocenters. The van der Waals surface area contributed by atoms with E-state index in [1.807, 2.05) is 6.08 Å². The van der Waals surface area contributed by atoms with Gasteiger partial charge in [-0.05, 0) is 18.9 Å². The summed E-state index contributed by atoms with van der Waals surface area (Å²) < 4.78 is 12.8. The summed E-state index contributed by atoms with van der Waals surface area (Å²) in [6.07, 6.45) is 12.7. The molecule has 2 saturated heterocycles. The molecule has 4 heteroatoms. The fraction of sp³-hybridized carbons (Fsp3) is 0.600. The lowest BCUT2D eigenvalue weighted by molar-refractivity contribution is 0.0992. The average molecular weight is 346 g/mol. The van der Waals surface area contributed by atoms with Crippen LogP contribution in [0.5, 0.6) is 0 Å². The molecule has 0 aliphatic carbocycles. The Balaban J connectivity index is 2.11. The quantitative estimate of drug-likeness (QED) is 0.436. The molecule has 0 saturated carbocycles. The van der Waals surface area contributed by atoms with Crippen molar-refractivity contribution in [2.24, 2.45) is 0 Å². The molecule has 0 bridgehead atoms. The molecule has 2 nitrogen and oxygen atoms in total. The Kier molecular flexibility index (Phi) is 5.38. The first-order valence-corrected chi connectivity index (χ1v) is 7.83. The van der Waals surface area contributed by atoms with Crippen LogP contribution in [0.4, 0.5) is 0 Å². The van der Waals surface area contributed by atoms with Crippen molar-refractivity contribution in [2.75, 3.05) is 0 Å². The fourth-order valence-corrected chi connectivity index (χ4v) is 2.85. The molecule has 19 heavy (non-hydrogen) atoms. The normalized spacial score (nSPS) is 36.7. The van der Waals surface area contributed by atoms with Gasteiger partial charge in [0.1, 0.15) is 11.9 Å². The van der Waals surface area contributed by atoms with Gasteiger partial charge in [0.2, 0.25) is 0 Å². The van der Waals surface area contributed by atoms with E-state index in [-0.39, 0.29) is 23.7 Å². The van der Waals surface area contributed by atoms with Crippen LogP contribution in [0.1, 0.15) is 32.6 Å². The van der Waals surface area contributed by atoms with Crippen molar-refractivity contribution in [3.63, 3.8) is 0 Å². The highest BCUT2D eigenvalue weighted by Crippen LogP contribution is 2.40. The predicted molar refractivity (Wildman–Crippen MR) is 81.2 cm³/mol. The molecule has 2 heterocycles. The van der Waals surface area contributed by atoms with Crippen LogP contribution < -0.4 is 0 Å². The van der Waals surface area contributed by atoms with Gasteiger partial charge in [-0.1, -0.05) is 34.9 Å². The molecular weight excluding hydrogens is 328 g/mol. The third kappa shape index (κ3) is 4.02. The van der Waals surface area contributed by atoms with Crippen molar-refractivity contribution in [3.8, 4) is 12.3 Å². The zero-order valence-electron chi connectivity index (χ0n) is 10.9. The summed E-state index contributed by atoms with van der Waals surface area (Å²) in [4.78, 5) is 0. The second-order valence-corrected chi connectivity index (χ2v) is 6.33. The Morgan fingerprint density at radius 3 is 3.05 bits per heavy atom. The van der Waals surface area contributed by atoms with Gasteiger partial charge in [0.15, 0.2) is 0 Å². The van der Waals surface area contributed by atoms with Crippen molar-refractivity contribution in [3.05, 3.63) is 22.4 Å². The van der Waals surface area contributed by atoms with E-state index in [1.54, 1.807) is 6.08 Å². The summed E-state index contributed by atoms with van der Waals surface area (Å²) in [6, 6.07) is 0. The van der Waals surface area contributed by atoms with Gasteiger partial charge in [-0.2, -0.15) is 0 Å². The monoisotopic (exact) mass is 344 g/mol. The van der Waals surface area contributed by atoms with E-state index in [4.69, 9.17) is 27.5 Å². The van der Waals surface area contributed by atoms with Crippen molar-refractivity contribution < 1.29 is 9.47 Å². The van der Waals surface area contributed by atoms with E-state index < -0.39 is 0 Å². The van der Waals surface area contributed by atoms with Gasteiger partial charge in [0.25, 0.3) is 0 Å². The summed E-state index contributed by atoms with van der Waals surface area (Å²) in [5.41, 5.74) is 0. The number of hydrogen-bond donors (Lipinski definition) is 0. The number of hydrogen-bond acceptors (Lipinski definition) is 2. The van der Waals surface area contributed by atoms with E-state index in [1.165, 1.54) is 0 Å². The summed E-state index contributed by atoms with van der Waals surface area (Å²) in [7, 11) is 0. The molecule has 0 aromatic carbocycles. The predicted octanol–water partition coefficient (Wildman–Crippen LogP) is 4.14. The van der Waals surface area contributed by atoms with E-state index in [9.17, 15) is 0 Å². The van der Waals surface area contributed by atoms with E-state index >= 15 is 0 Å². The number of fused-ring (bicyclic) bond motifs is 1. The Bertz CT molecular complexity index is 424. The lowest BCUT2D eigenvalue weighted by Gasteiger charge is -2.26. The van der Waals surface area contributed by atoms with Gasteiger partial charge < -0.3 is 9.47 Å². The molecule has 0 aromatic heterocycles. The first-order valence-electron chi connectivity index (χ1n) is 6.60. The highest BCUT2D eigenvalue weighted by Gasteiger charge is 2.44. The molecule has 2 aliphatic rings. The maximum Gasteiger partial charge on any atom is 0.118 e. The van der Waals surface area contributed by atoms with Crippen LogP contribution in [0.2, 0.25) is 0 Å². The molecule has 0 spiro atoms. The third-order valence-electron chi connectivity index (χ3n) is 3.42. The van der Waals surface area contributed by atoms with E-state index in [0.29, 0.717) is 0 Å². The first kappa shape index (κ1) is 15.0. The van der Waals surface area contributed by atoms with Gasteiger partial charge in [-0.25, -0.2) is 0 Å². The molecule has 104 valence electrons. The Hall–Kier alpha value is -0.430. The highest BCUT2D eigenvalue weighted by atomic mass is 79.9. The summed E-state index contributed by atoms with van der Waals surface area (Å²) >= 11 is 10.0. The highest BCUT2D eigenvalue weighted by molar-refractivity contribution is 9.11. The third-order valence-corrected chi connectivity index (χ3v) is 4.89. The average Bonchev–Trinajstić information content (AvgIpc) is 3.11. The molecule has 2 rings (SSSR count). The standard InChI is InChI=1S/C15H18BrClO2/c1-3-5-6-7-12-11(17)8-14-15(19-14)9-13(18-12)10(16)4-2/h1,5-6,11-12,14-15H,4,7-9H2,2H3/b6-5-,13-10+/t11-,12-,14+,15-/m1/s1. The topological polar surface area (TPSA) is 21.8 Å². The molecule has 2 fully saturated rings. The van der Waals surface area contributed by atoms with Crippen molar-refractivity contribution in [1.82, 2.24) is 0 Å². The van der Waals surface area contributed by atoms with Crippen molar-refractivity contribution >= 4 is 27.5 Å². The molecule has 2 aliphatic heterocycles. The molecule has 4 atom stereocenters. The van der Waals surface area contributed by atoms with Crippen LogP contribution in [0, 0.1) is 12.3 Å². The Morgan fingerprint density at radius 2 is 2.37 bits per heavy atom. The minimum atomic E-state index is -0.0510. The number of ether oxygens (including phenoxy) is 2. The maximum absolute atomic E-state index is 6.44. The lowest BCUT2D eigenvalue weighted by Crippen LogP contribution is -2.28. The number of halogens is 2. The smallest absolute Gasteiger partial charge is 0.118 e. The minimum Gasteiger partial charge on any atom is -0.492 e. The summed E-state index contributed by atoms with van der Waals surface area (Å²) in [5.74, 6) is 3.46. The summed E-state index contributed by atoms with van der Waals surface area (Å²) in [6.45, 7) is 2.09. The molecule has 0 aromatic rings. The second kappa shape index (κ2) is 6.83. The number of allylic oxidation sites excluding steroid dienone is 2. The fourth-order valence-electron chi connectivity index (χ4n) is 2.26. The van der Waals surface area contributed by atoms with Gasteiger partial charge >= 0.3 is 0 Å². The molecule has 0 amide bonds. The lowest BCUT2D eigenvalue weighted by atomic mass is 10.0. The van der Waals surface area contributed by atoms with Gasteiger partial charge in [0, 0.05) is 17.3 Å². The zero-order chi connectivity index (χ0) is 13.8. The number of alkyl halides is 1. The maximum atomic E-state index is 6.44. The Morgan fingerprint density at radius 1 is 1.58 bits per heavy atom. The van der Waals surface area contributed by atoms with Crippen molar-refractivity contribution in [2.45, 2.75) is 56.3 Å². The van der Waals surface area contributed by atoms with Crippen LogP contribution in [-0.4, -0.2) is 23.7 Å².